The number of rotatable bonds is 6. The van der Waals surface area contributed by atoms with Gasteiger partial charge in [-0.05, 0) is 25.3 Å². The molecule has 1 aromatic carbocycles. The molecule has 0 bridgehead atoms. The molecule has 8 nitrogen and oxygen atoms in total. The van der Waals surface area contributed by atoms with Crippen LogP contribution in [0.4, 0.5) is 4.79 Å². The van der Waals surface area contributed by atoms with Gasteiger partial charge in [-0.25, -0.2) is 13.2 Å². The number of nitrogens with zero attached hydrogens (tertiary/aromatic N) is 2. The first kappa shape index (κ1) is 20.3. The zero-order valence-electron chi connectivity index (χ0n) is 16.1. The number of benzene rings is 1. The van der Waals surface area contributed by atoms with Crippen molar-refractivity contribution in [1.82, 2.24) is 15.1 Å². The van der Waals surface area contributed by atoms with Gasteiger partial charge in [0.25, 0.3) is 5.91 Å². The SMILES string of the molecule is CCN(C(=O)CN1C(=O)N[C@](CC)(c2ccccc2)C1=O)[C@@H]1CCS(=O)(=O)C1. The zero-order valence-corrected chi connectivity index (χ0v) is 16.9. The summed E-state index contributed by atoms with van der Waals surface area (Å²) in [5.74, 6) is -0.907. The highest BCUT2D eigenvalue weighted by molar-refractivity contribution is 7.91. The van der Waals surface area contributed by atoms with E-state index in [0.717, 1.165) is 4.90 Å². The van der Waals surface area contributed by atoms with Crippen LogP contribution in [0.2, 0.25) is 0 Å². The first-order chi connectivity index (χ1) is 13.2. The lowest BCUT2D eigenvalue weighted by Crippen LogP contribution is -2.48. The van der Waals surface area contributed by atoms with Crippen molar-refractivity contribution in [2.24, 2.45) is 0 Å². The van der Waals surface area contributed by atoms with Crippen LogP contribution < -0.4 is 5.32 Å². The molecule has 0 aromatic heterocycles. The fraction of sp³-hybridized carbons (Fsp3) is 0.526. The largest absolute Gasteiger partial charge is 0.337 e. The average Bonchev–Trinajstić information content (AvgIpc) is 3.15. The molecule has 3 rings (SSSR count). The summed E-state index contributed by atoms with van der Waals surface area (Å²) in [5, 5.41) is 2.75. The Bertz CT molecular complexity index is 886. The van der Waals surface area contributed by atoms with Crippen molar-refractivity contribution < 1.29 is 22.8 Å². The molecule has 2 atom stereocenters. The topological polar surface area (TPSA) is 104 Å². The van der Waals surface area contributed by atoms with Crippen LogP contribution in [0.25, 0.3) is 0 Å². The molecule has 1 aromatic rings. The van der Waals surface area contributed by atoms with Crippen molar-refractivity contribution in [3.05, 3.63) is 35.9 Å². The van der Waals surface area contributed by atoms with E-state index in [0.29, 0.717) is 24.9 Å². The maximum absolute atomic E-state index is 13.1. The lowest BCUT2D eigenvalue weighted by Gasteiger charge is -2.29. The second-order valence-corrected chi connectivity index (χ2v) is 9.41. The molecule has 2 fully saturated rings. The Hall–Kier alpha value is -2.42. The van der Waals surface area contributed by atoms with Crippen molar-refractivity contribution in [1.29, 1.82) is 0 Å². The molecule has 28 heavy (non-hydrogen) atoms. The predicted molar refractivity (Wildman–Crippen MR) is 103 cm³/mol. The highest BCUT2D eigenvalue weighted by Gasteiger charge is 2.52. The number of nitrogens with one attached hydrogen (secondary N) is 1. The fourth-order valence-electron chi connectivity index (χ4n) is 4.02. The second kappa shape index (κ2) is 7.54. The summed E-state index contributed by atoms with van der Waals surface area (Å²) in [6.45, 7) is 3.48. The Morgan fingerprint density at radius 3 is 2.46 bits per heavy atom. The summed E-state index contributed by atoms with van der Waals surface area (Å²) >= 11 is 0. The van der Waals surface area contributed by atoms with Crippen LogP contribution in [0.3, 0.4) is 0 Å². The number of sulfone groups is 1. The number of urea groups is 1. The van der Waals surface area contributed by atoms with Gasteiger partial charge in [0, 0.05) is 12.6 Å². The highest BCUT2D eigenvalue weighted by Crippen LogP contribution is 2.32. The van der Waals surface area contributed by atoms with Gasteiger partial charge in [0.15, 0.2) is 9.84 Å². The van der Waals surface area contributed by atoms with Crippen molar-refractivity contribution in [2.75, 3.05) is 24.6 Å². The summed E-state index contributed by atoms with van der Waals surface area (Å²) in [5.41, 5.74) is -0.521. The highest BCUT2D eigenvalue weighted by atomic mass is 32.2. The first-order valence-electron chi connectivity index (χ1n) is 9.43. The smallest absolute Gasteiger partial charge is 0.325 e. The summed E-state index contributed by atoms with van der Waals surface area (Å²) in [7, 11) is -3.15. The van der Waals surface area contributed by atoms with Crippen LogP contribution in [0.15, 0.2) is 30.3 Å². The predicted octanol–water partition coefficient (Wildman–Crippen LogP) is 0.879. The summed E-state index contributed by atoms with van der Waals surface area (Å²) < 4.78 is 23.5. The minimum atomic E-state index is -3.15. The van der Waals surface area contributed by atoms with Crippen LogP contribution in [0, 0.1) is 0 Å². The van der Waals surface area contributed by atoms with Crippen LogP contribution in [-0.2, 0) is 25.0 Å². The minimum absolute atomic E-state index is 0.0531. The lowest BCUT2D eigenvalue weighted by atomic mass is 9.87. The lowest BCUT2D eigenvalue weighted by molar-refractivity contribution is -0.140. The molecule has 2 aliphatic heterocycles. The summed E-state index contributed by atoms with van der Waals surface area (Å²) in [4.78, 5) is 40.9. The van der Waals surface area contributed by atoms with Gasteiger partial charge in [0.1, 0.15) is 12.1 Å². The molecule has 1 N–H and O–H groups in total. The van der Waals surface area contributed by atoms with Gasteiger partial charge < -0.3 is 10.2 Å². The van der Waals surface area contributed by atoms with E-state index < -0.39 is 45.8 Å². The van der Waals surface area contributed by atoms with Crippen molar-refractivity contribution in [3.8, 4) is 0 Å². The van der Waals surface area contributed by atoms with Gasteiger partial charge >= 0.3 is 6.03 Å². The number of hydrogen-bond acceptors (Lipinski definition) is 5. The molecular formula is C19H25N3O5S. The third kappa shape index (κ3) is 3.50. The third-order valence-electron chi connectivity index (χ3n) is 5.58. The molecule has 2 saturated heterocycles. The number of hydrogen-bond donors (Lipinski definition) is 1. The Morgan fingerprint density at radius 2 is 1.93 bits per heavy atom. The second-order valence-electron chi connectivity index (χ2n) is 7.18. The molecule has 2 heterocycles. The summed E-state index contributed by atoms with van der Waals surface area (Å²) in [6.07, 6.45) is 0.732. The Kier molecular flexibility index (Phi) is 5.47. The number of carbonyl (C=O) groups is 3. The molecule has 0 radical (unpaired) electrons. The van der Waals surface area contributed by atoms with Gasteiger partial charge in [0.05, 0.1) is 11.5 Å². The van der Waals surface area contributed by atoms with Crippen LogP contribution in [0.5, 0.6) is 0 Å². The van der Waals surface area contributed by atoms with Gasteiger partial charge in [-0.2, -0.15) is 0 Å². The fourth-order valence-corrected chi connectivity index (χ4v) is 5.75. The molecule has 2 aliphatic rings. The molecule has 0 saturated carbocycles. The van der Waals surface area contributed by atoms with Gasteiger partial charge in [-0.15, -0.1) is 0 Å². The average molecular weight is 407 g/mol. The maximum atomic E-state index is 13.1. The van der Waals surface area contributed by atoms with E-state index in [1.807, 2.05) is 6.07 Å². The Balaban J connectivity index is 1.79. The summed E-state index contributed by atoms with van der Waals surface area (Å²) in [6, 6.07) is 7.93. The van der Waals surface area contributed by atoms with E-state index in [2.05, 4.69) is 5.32 Å². The van der Waals surface area contributed by atoms with E-state index in [1.54, 1.807) is 38.1 Å². The molecule has 0 aliphatic carbocycles. The Labute approximate surface area is 164 Å². The van der Waals surface area contributed by atoms with Gasteiger partial charge in [0.2, 0.25) is 5.91 Å². The standard InChI is InChI=1S/C19H25N3O5S/c1-3-19(14-8-6-5-7-9-14)17(24)22(18(25)20-19)12-16(23)21(4-2)15-10-11-28(26,27)13-15/h5-9,15H,3-4,10-13H2,1-2H3,(H,20,25)/t15-,19-/m1/s1. The third-order valence-corrected chi connectivity index (χ3v) is 7.33. The maximum Gasteiger partial charge on any atom is 0.325 e. The van der Waals surface area contributed by atoms with E-state index in [-0.39, 0.29) is 11.5 Å². The van der Waals surface area contributed by atoms with E-state index in [4.69, 9.17) is 0 Å². The molecular weight excluding hydrogens is 382 g/mol. The molecule has 0 spiro atoms. The first-order valence-corrected chi connectivity index (χ1v) is 11.3. The molecule has 152 valence electrons. The van der Waals surface area contributed by atoms with E-state index in [9.17, 15) is 22.8 Å². The van der Waals surface area contributed by atoms with Crippen molar-refractivity contribution >= 4 is 27.7 Å². The monoisotopic (exact) mass is 407 g/mol. The Morgan fingerprint density at radius 1 is 1.25 bits per heavy atom. The molecule has 4 amide bonds. The normalized spacial score (nSPS) is 26.4. The number of likely N-dealkylation sites (N-methyl/N-ethyl adjacent to an activating group) is 1. The minimum Gasteiger partial charge on any atom is -0.337 e. The van der Waals surface area contributed by atoms with Crippen molar-refractivity contribution in [3.63, 3.8) is 0 Å². The van der Waals surface area contributed by atoms with Crippen molar-refractivity contribution in [2.45, 2.75) is 38.3 Å². The zero-order chi connectivity index (χ0) is 20.5. The van der Waals surface area contributed by atoms with Gasteiger partial charge in [-0.1, -0.05) is 37.3 Å². The number of imide groups is 1. The van der Waals surface area contributed by atoms with Crippen LogP contribution in [-0.4, -0.2) is 66.7 Å². The van der Waals surface area contributed by atoms with Gasteiger partial charge in [-0.3, -0.25) is 14.5 Å². The van der Waals surface area contributed by atoms with E-state index >= 15 is 0 Å². The molecule has 9 heteroatoms. The number of carbonyl (C=O) groups excluding carboxylic acids is 3. The van der Waals surface area contributed by atoms with Crippen LogP contribution >= 0.6 is 0 Å². The van der Waals surface area contributed by atoms with Crippen LogP contribution in [0.1, 0.15) is 32.3 Å². The number of amides is 4. The van der Waals surface area contributed by atoms with E-state index in [1.165, 1.54) is 4.90 Å². The molecule has 0 unspecified atom stereocenters. The quantitative estimate of drug-likeness (QED) is 0.705.